The summed E-state index contributed by atoms with van der Waals surface area (Å²) in [5.41, 5.74) is 0.664. The first-order valence-electron chi connectivity index (χ1n) is 15.3. The van der Waals surface area contributed by atoms with Crippen LogP contribution in [0.5, 0.6) is 0 Å². The Labute approximate surface area is 261 Å². The minimum absolute atomic E-state index is 0.294. The van der Waals surface area contributed by atoms with Crippen molar-refractivity contribution >= 4 is 46.1 Å². The van der Waals surface area contributed by atoms with Gasteiger partial charge in [0, 0.05) is 12.2 Å². The van der Waals surface area contributed by atoms with Gasteiger partial charge in [-0.15, -0.1) is 0 Å². The van der Waals surface area contributed by atoms with Crippen molar-refractivity contribution in [2.24, 2.45) is 0 Å². The molecule has 2 atom stereocenters. The average molecular weight is 606 g/mol. The van der Waals surface area contributed by atoms with Gasteiger partial charge in [-0.1, -0.05) is 93.3 Å². The molecule has 0 aliphatic heterocycles. The molecule has 3 rings (SSSR count). The monoisotopic (exact) mass is 605 g/mol. The zero-order chi connectivity index (χ0) is 31.2. The van der Waals surface area contributed by atoms with Crippen LogP contribution in [0, 0.1) is 0 Å². The molecule has 0 saturated carbocycles. The summed E-state index contributed by atoms with van der Waals surface area (Å²) in [6.45, 7) is 7.92. The van der Waals surface area contributed by atoms with Crippen molar-refractivity contribution in [1.29, 1.82) is 0 Å². The molecule has 232 valence electrons. The number of nitrogens with zero attached hydrogens (tertiary/aromatic N) is 1. The Bertz CT molecular complexity index is 1330. The molecule has 0 radical (unpaired) electrons. The topological polar surface area (TPSA) is 87.7 Å². The van der Waals surface area contributed by atoms with Gasteiger partial charge in [-0.3, -0.25) is 9.59 Å². The molecule has 0 bridgehead atoms. The first-order chi connectivity index (χ1) is 20.6. The summed E-state index contributed by atoms with van der Waals surface area (Å²) >= 11 is 1.60. The first kappa shape index (κ1) is 34.0. The zero-order valence-electron chi connectivity index (χ0n) is 26.2. The largest absolute Gasteiger partial charge is 0.444 e. The summed E-state index contributed by atoms with van der Waals surface area (Å²) in [7, 11) is 0. The summed E-state index contributed by atoms with van der Waals surface area (Å²) in [6, 6.07) is 21.4. The molecule has 43 heavy (non-hydrogen) atoms. The number of thioether (sulfide) groups is 1. The lowest BCUT2D eigenvalue weighted by molar-refractivity contribution is -0.141. The van der Waals surface area contributed by atoms with E-state index in [1.807, 2.05) is 79.1 Å². The third-order valence-electron chi connectivity index (χ3n) is 7.08. The Hall–Kier alpha value is -3.52. The highest BCUT2D eigenvalue weighted by Gasteiger charge is 2.36. The van der Waals surface area contributed by atoms with E-state index in [0.717, 1.165) is 42.9 Å². The van der Waals surface area contributed by atoms with Gasteiger partial charge < -0.3 is 20.3 Å². The van der Waals surface area contributed by atoms with Gasteiger partial charge in [-0.05, 0) is 74.1 Å². The summed E-state index contributed by atoms with van der Waals surface area (Å²) in [5.74, 6) is 0.0673. The van der Waals surface area contributed by atoms with Crippen LogP contribution in [-0.2, 0) is 14.3 Å². The highest BCUT2D eigenvalue weighted by Crippen LogP contribution is 2.27. The van der Waals surface area contributed by atoms with Gasteiger partial charge in [0.15, 0.2) is 0 Å². The van der Waals surface area contributed by atoms with Crippen LogP contribution in [0.2, 0.25) is 0 Å². The number of anilines is 1. The number of amides is 3. The Morgan fingerprint density at radius 3 is 2.23 bits per heavy atom. The van der Waals surface area contributed by atoms with Gasteiger partial charge >= 0.3 is 6.09 Å². The number of ether oxygens (including phenoxy) is 1. The van der Waals surface area contributed by atoms with E-state index in [-0.39, 0.29) is 11.8 Å². The summed E-state index contributed by atoms with van der Waals surface area (Å²) < 4.78 is 5.50. The Morgan fingerprint density at radius 2 is 1.56 bits per heavy atom. The Morgan fingerprint density at radius 1 is 0.884 bits per heavy atom. The number of hydrogen-bond acceptors (Lipinski definition) is 5. The second kappa shape index (κ2) is 16.9. The molecule has 2 unspecified atom stereocenters. The normalized spacial score (nSPS) is 12.8. The van der Waals surface area contributed by atoms with Gasteiger partial charge in [0.25, 0.3) is 5.91 Å². The number of carbonyl (C=O) groups excluding carboxylic acids is 3. The molecule has 2 N–H and O–H groups in total. The molecule has 8 heteroatoms. The lowest BCUT2D eigenvalue weighted by atomic mass is 10.0. The van der Waals surface area contributed by atoms with E-state index in [4.69, 9.17) is 4.74 Å². The summed E-state index contributed by atoms with van der Waals surface area (Å²) in [5, 5.41) is 7.99. The molecule has 0 aliphatic rings. The van der Waals surface area contributed by atoms with E-state index < -0.39 is 23.8 Å². The number of carbonyl (C=O) groups is 3. The fraction of sp³-hybridized carbons (Fsp3) is 0.457. The van der Waals surface area contributed by atoms with Gasteiger partial charge in [0.1, 0.15) is 17.7 Å². The van der Waals surface area contributed by atoms with Crippen LogP contribution in [0.25, 0.3) is 10.8 Å². The molecule has 0 heterocycles. The van der Waals surface area contributed by atoms with E-state index in [0.29, 0.717) is 30.0 Å². The smallest absolute Gasteiger partial charge is 0.408 e. The van der Waals surface area contributed by atoms with Gasteiger partial charge in [0.2, 0.25) is 5.91 Å². The number of alkyl carbamates (subject to hydrolysis) is 1. The van der Waals surface area contributed by atoms with E-state index in [2.05, 4.69) is 17.6 Å². The number of fused-ring (bicyclic) bond motifs is 1. The number of benzene rings is 3. The van der Waals surface area contributed by atoms with Crippen LogP contribution in [0.3, 0.4) is 0 Å². The number of rotatable bonds is 15. The first-order valence-corrected chi connectivity index (χ1v) is 16.7. The van der Waals surface area contributed by atoms with Crippen molar-refractivity contribution in [3.8, 4) is 0 Å². The molecular formula is C35H47N3O4S. The van der Waals surface area contributed by atoms with Crippen molar-refractivity contribution < 1.29 is 19.1 Å². The Kier molecular flexibility index (Phi) is 13.4. The average Bonchev–Trinajstić information content (AvgIpc) is 2.97. The lowest BCUT2D eigenvalue weighted by Crippen LogP contribution is -2.52. The molecule has 3 aromatic carbocycles. The van der Waals surface area contributed by atoms with Crippen molar-refractivity contribution in [3.05, 3.63) is 78.4 Å². The van der Waals surface area contributed by atoms with Crippen molar-refractivity contribution in [2.45, 2.75) is 83.9 Å². The molecule has 0 aromatic heterocycles. The maximum absolute atomic E-state index is 14.4. The quantitative estimate of drug-likeness (QED) is 0.172. The lowest BCUT2D eigenvalue weighted by Gasteiger charge is -2.34. The summed E-state index contributed by atoms with van der Waals surface area (Å²) in [4.78, 5) is 43.0. The number of nitrogens with one attached hydrogen (secondary N) is 2. The number of hydrogen-bond donors (Lipinski definition) is 2. The second-order valence-corrected chi connectivity index (χ2v) is 12.8. The van der Waals surface area contributed by atoms with Crippen LogP contribution >= 0.6 is 11.8 Å². The fourth-order valence-electron chi connectivity index (χ4n) is 4.98. The van der Waals surface area contributed by atoms with Gasteiger partial charge in [0.05, 0.1) is 0 Å². The van der Waals surface area contributed by atoms with E-state index in [9.17, 15) is 14.4 Å². The molecule has 0 fully saturated rings. The SMILES string of the molecule is CCCCCCCN(C(=O)C(CCSC)NC(=O)OC(C)(C)C)C(C(=O)Nc1ccc2ccccc2c1)c1ccccc1. The summed E-state index contributed by atoms with van der Waals surface area (Å²) in [6.07, 6.45) is 6.72. The Balaban J connectivity index is 1.97. The van der Waals surface area contributed by atoms with Gasteiger partial charge in [-0.25, -0.2) is 4.79 Å². The van der Waals surface area contributed by atoms with Crippen LogP contribution in [-0.4, -0.2) is 53.0 Å². The maximum Gasteiger partial charge on any atom is 0.408 e. The van der Waals surface area contributed by atoms with Crippen LogP contribution in [0.15, 0.2) is 72.8 Å². The molecule has 0 saturated heterocycles. The van der Waals surface area contributed by atoms with Crippen LogP contribution in [0.4, 0.5) is 10.5 Å². The highest BCUT2D eigenvalue weighted by molar-refractivity contribution is 7.98. The zero-order valence-corrected chi connectivity index (χ0v) is 27.0. The molecule has 7 nitrogen and oxygen atoms in total. The fourth-order valence-corrected chi connectivity index (χ4v) is 5.45. The third-order valence-corrected chi connectivity index (χ3v) is 7.72. The minimum Gasteiger partial charge on any atom is -0.444 e. The molecule has 3 amide bonds. The van der Waals surface area contributed by atoms with E-state index in [1.54, 1.807) is 37.4 Å². The maximum atomic E-state index is 14.4. The van der Waals surface area contributed by atoms with Crippen molar-refractivity contribution in [3.63, 3.8) is 0 Å². The predicted molar refractivity (Wildman–Crippen MR) is 178 cm³/mol. The standard InChI is InChI=1S/C35H47N3O4S/c1-6-7-8-9-15-23-38(33(40)30(22-24-43-5)37-34(41)42-35(2,3)4)31(27-17-11-10-12-18-27)32(39)36-29-21-20-26-16-13-14-19-28(26)25-29/h10-14,16-21,25,30-31H,6-9,15,22-24H2,1-5H3,(H,36,39)(H,37,41). The van der Waals surface area contributed by atoms with Crippen molar-refractivity contribution in [1.82, 2.24) is 10.2 Å². The van der Waals surface area contributed by atoms with Crippen LogP contribution in [0.1, 0.15) is 77.8 Å². The minimum atomic E-state index is -0.886. The number of unbranched alkanes of at least 4 members (excludes halogenated alkanes) is 4. The van der Waals surface area contributed by atoms with E-state index >= 15 is 0 Å². The van der Waals surface area contributed by atoms with Crippen molar-refractivity contribution in [2.75, 3.05) is 23.9 Å². The molecule has 3 aromatic rings. The predicted octanol–water partition coefficient (Wildman–Crippen LogP) is 7.97. The molecule has 0 aliphatic carbocycles. The van der Waals surface area contributed by atoms with Crippen LogP contribution < -0.4 is 10.6 Å². The van der Waals surface area contributed by atoms with E-state index in [1.165, 1.54) is 0 Å². The third kappa shape index (κ3) is 10.9. The molecular weight excluding hydrogens is 558 g/mol. The highest BCUT2D eigenvalue weighted by atomic mass is 32.2. The second-order valence-electron chi connectivity index (χ2n) is 11.8. The molecule has 0 spiro atoms. The van der Waals surface area contributed by atoms with Gasteiger partial charge in [-0.2, -0.15) is 11.8 Å².